The average Bonchev–Trinajstić information content (AvgIpc) is 2.29. The molecule has 0 saturated heterocycles. The Morgan fingerprint density at radius 1 is 1.30 bits per heavy atom. The molecule has 0 unspecified atom stereocenters. The van der Waals surface area contributed by atoms with Crippen molar-refractivity contribution < 1.29 is 8.42 Å². The molecule has 1 fully saturated rings. The molecule has 0 spiro atoms. The Morgan fingerprint density at radius 3 is 2.15 bits per heavy atom. The van der Waals surface area contributed by atoms with Crippen molar-refractivity contribution >= 4 is 10.2 Å². The van der Waals surface area contributed by atoms with Crippen LogP contribution >= 0.6 is 0 Å². The Hall–Kier alpha value is -0.170. The van der Waals surface area contributed by atoms with Crippen LogP contribution < -0.4 is 10.5 Å². The molecule has 1 aliphatic carbocycles. The smallest absolute Gasteiger partial charge is 0.280 e. The summed E-state index contributed by atoms with van der Waals surface area (Å²) in [6, 6.07) is 0. The first-order valence-corrected chi connectivity index (χ1v) is 9.02. The number of nitrogens with two attached hydrogens (primary N) is 1. The second-order valence-electron chi connectivity index (χ2n) is 7.13. The van der Waals surface area contributed by atoms with Gasteiger partial charge in [0.25, 0.3) is 10.2 Å². The largest absolute Gasteiger partial charge is 0.329 e. The van der Waals surface area contributed by atoms with E-state index in [1.165, 1.54) is 0 Å². The summed E-state index contributed by atoms with van der Waals surface area (Å²) in [5.74, 6) is 0.659. The van der Waals surface area contributed by atoms with Crippen molar-refractivity contribution in [1.82, 2.24) is 9.03 Å². The fraction of sp³-hybridized carbons (Fsp3) is 1.00. The van der Waals surface area contributed by atoms with Gasteiger partial charge in [-0.3, -0.25) is 0 Å². The van der Waals surface area contributed by atoms with Crippen molar-refractivity contribution in [3.05, 3.63) is 0 Å². The monoisotopic (exact) mass is 305 g/mol. The van der Waals surface area contributed by atoms with E-state index in [0.29, 0.717) is 19.0 Å². The minimum absolute atomic E-state index is 0.388. The first kappa shape index (κ1) is 17.9. The molecule has 3 N–H and O–H groups in total. The number of likely N-dealkylation sites (N-methyl/N-ethyl adjacent to an activating group) is 1. The number of nitrogens with zero attached hydrogens (tertiary/aromatic N) is 1. The third-order valence-corrected chi connectivity index (χ3v) is 6.22. The highest BCUT2D eigenvalue weighted by molar-refractivity contribution is 7.87. The molecule has 0 heterocycles. The van der Waals surface area contributed by atoms with E-state index in [1.807, 2.05) is 27.7 Å². The standard InChI is InChI=1S/C14H31N3O2S/c1-6-17(20(18,19)16-13(3,4)5)14(11-15)9-7-12(2)8-10-14/h12,16H,6-11,15H2,1-5H3. The molecule has 120 valence electrons. The minimum Gasteiger partial charge on any atom is -0.329 e. The van der Waals surface area contributed by atoms with E-state index in [2.05, 4.69) is 11.6 Å². The molecular formula is C14H31N3O2S. The van der Waals surface area contributed by atoms with Gasteiger partial charge < -0.3 is 5.73 Å². The van der Waals surface area contributed by atoms with Gasteiger partial charge >= 0.3 is 0 Å². The van der Waals surface area contributed by atoms with Crippen LogP contribution in [0.5, 0.6) is 0 Å². The molecule has 1 saturated carbocycles. The van der Waals surface area contributed by atoms with Crippen LogP contribution in [-0.4, -0.2) is 36.9 Å². The van der Waals surface area contributed by atoms with Crippen molar-refractivity contribution in [3.63, 3.8) is 0 Å². The molecule has 0 atom stereocenters. The SMILES string of the molecule is CCN(C1(CN)CCC(C)CC1)S(=O)(=O)NC(C)(C)C. The lowest BCUT2D eigenvalue weighted by molar-refractivity contribution is 0.117. The van der Waals surface area contributed by atoms with Crippen LogP contribution in [-0.2, 0) is 10.2 Å². The Kier molecular flexibility index (Phi) is 5.63. The van der Waals surface area contributed by atoms with Crippen LogP contribution in [0.4, 0.5) is 0 Å². The highest BCUT2D eigenvalue weighted by Gasteiger charge is 2.44. The highest BCUT2D eigenvalue weighted by atomic mass is 32.2. The van der Waals surface area contributed by atoms with Gasteiger partial charge in [-0.1, -0.05) is 13.8 Å². The Labute approximate surface area is 124 Å². The summed E-state index contributed by atoms with van der Waals surface area (Å²) in [6.45, 7) is 10.5. The molecular weight excluding hydrogens is 274 g/mol. The second kappa shape index (κ2) is 6.30. The van der Waals surface area contributed by atoms with Gasteiger partial charge in [-0.2, -0.15) is 17.4 Å². The van der Waals surface area contributed by atoms with Gasteiger partial charge in [-0.15, -0.1) is 0 Å². The zero-order valence-electron chi connectivity index (χ0n) is 13.6. The zero-order chi connectivity index (χ0) is 15.6. The third-order valence-electron chi connectivity index (χ3n) is 4.13. The van der Waals surface area contributed by atoms with Crippen molar-refractivity contribution in [3.8, 4) is 0 Å². The molecule has 0 amide bonds. The summed E-state index contributed by atoms with van der Waals surface area (Å²) >= 11 is 0. The summed E-state index contributed by atoms with van der Waals surface area (Å²) in [4.78, 5) is 0. The Morgan fingerprint density at radius 2 is 1.80 bits per heavy atom. The van der Waals surface area contributed by atoms with Gasteiger partial charge in [0.2, 0.25) is 0 Å². The molecule has 0 radical (unpaired) electrons. The lowest BCUT2D eigenvalue weighted by Crippen LogP contribution is -2.62. The highest BCUT2D eigenvalue weighted by Crippen LogP contribution is 2.37. The molecule has 0 aromatic heterocycles. The number of rotatable bonds is 5. The van der Waals surface area contributed by atoms with E-state index in [4.69, 9.17) is 5.73 Å². The van der Waals surface area contributed by atoms with Crippen LogP contribution in [0, 0.1) is 5.92 Å². The van der Waals surface area contributed by atoms with Gasteiger partial charge in [-0.05, 0) is 52.4 Å². The minimum atomic E-state index is -3.51. The normalized spacial score (nSPS) is 28.9. The topological polar surface area (TPSA) is 75.4 Å². The van der Waals surface area contributed by atoms with E-state index in [-0.39, 0.29) is 0 Å². The molecule has 0 aliphatic heterocycles. The molecule has 6 heteroatoms. The van der Waals surface area contributed by atoms with Crippen molar-refractivity contribution in [2.45, 2.75) is 71.4 Å². The summed E-state index contributed by atoms with van der Waals surface area (Å²) in [7, 11) is -3.51. The number of hydrogen-bond donors (Lipinski definition) is 2. The Bertz CT molecular complexity index is 407. The first-order chi connectivity index (χ1) is 9.06. The van der Waals surface area contributed by atoms with Crippen LogP contribution in [0.25, 0.3) is 0 Å². The predicted octanol–water partition coefficient (Wildman–Crippen LogP) is 1.85. The van der Waals surface area contributed by atoms with Crippen molar-refractivity contribution in [2.24, 2.45) is 11.7 Å². The number of nitrogens with one attached hydrogen (secondary N) is 1. The predicted molar refractivity (Wildman–Crippen MR) is 83.6 cm³/mol. The maximum Gasteiger partial charge on any atom is 0.280 e. The summed E-state index contributed by atoms with van der Waals surface area (Å²) in [6.07, 6.45) is 3.78. The maximum absolute atomic E-state index is 12.7. The summed E-state index contributed by atoms with van der Waals surface area (Å²) < 4.78 is 29.7. The molecule has 5 nitrogen and oxygen atoms in total. The summed E-state index contributed by atoms with van der Waals surface area (Å²) in [5, 5.41) is 0. The van der Waals surface area contributed by atoms with E-state index in [0.717, 1.165) is 25.7 Å². The molecule has 20 heavy (non-hydrogen) atoms. The summed E-state index contributed by atoms with van der Waals surface area (Å²) in [5.41, 5.74) is 5.09. The quantitative estimate of drug-likeness (QED) is 0.814. The number of hydrogen-bond acceptors (Lipinski definition) is 3. The van der Waals surface area contributed by atoms with E-state index >= 15 is 0 Å². The van der Waals surface area contributed by atoms with Crippen LogP contribution in [0.15, 0.2) is 0 Å². The average molecular weight is 305 g/mol. The fourth-order valence-electron chi connectivity index (χ4n) is 3.06. The van der Waals surface area contributed by atoms with Crippen LogP contribution in [0.2, 0.25) is 0 Å². The lowest BCUT2D eigenvalue weighted by Gasteiger charge is -2.46. The Balaban J connectivity index is 3.04. The van der Waals surface area contributed by atoms with Crippen molar-refractivity contribution in [2.75, 3.05) is 13.1 Å². The molecule has 1 rings (SSSR count). The van der Waals surface area contributed by atoms with Gasteiger partial charge in [-0.25, -0.2) is 0 Å². The van der Waals surface area contributed by atoms with Crippen LogP contribution in [0.3, 0.4) is 0 Å². The first-order valence-electron chi connectivity index (χ1n) is 7.58. The molecule has 1 aliphatic rings. The van der Waals surface area contributed by atoms with Gasteiger partial charge in [0.1, 0.15) is 0 Å². The van der Waals surface area contributed by atoms with Crippen molar-refractivity contribution in [1.29, 1.82) is 0 Å². The molecule has 0 aromatic carbocycles. The van der Waals surface area contributed by atoms with Gasteiger partial charge in [0, 0.05) is 24.2 Å². The fourth-order valence-corrected chi connectivity index (χ4v) is 5.05. The van der Waals surface area contributed by atoms with Gasteiger partial charge in [0.15, 0.2) is 0 Å². The van der Waals surface area contributed by atoms with E-state index in [9.17, 15) is 8.42 Å². The third kappa shape index (κ3) is 4.16. The van der Waals surface area contributed by atoms with E-state index < -0.39 is 21.3 Å². The van der Waals surface area contributed by atoms with Gasteiger partial charge in [0.05, 0.1) is 0 Å². The van der Waals surface area contributed by atoms with Crippen LogP contribution in [0.1, 0.15) is 60.3 Å². The van der Waals surface area contributed by atoms with E-state index in [1.54, 1.807) is 4.31 Å². The zero-order valence-corrected chi connectivity index (χ0v) is 14.4. The molecule has 0 bridgehead atoms. The second-order valence-corrected chi connectivity index (χ2v) is 8.73. The maximum atomic E-state index is 12.7. The lowest BCUT2D eigenvalue weighted by atomic mass is 9.77. The molecule has 0 aromatic rings.